The number of hydrogen-bond acceptors (Lipinski definition) is 9. The van der Waals surface area contributed by atoms with Crippen molar-refractivity contribution in [3.05, 3.63) is 58.8 Å². The Balaban J connectivity index is 2.00. The molecule has 0 aliphatic heterocycles. The molecule has 0 spiro atoms. The van der Waals surface area contributed by atoms with Gasteiger partial charge in [0.25, 0.3) is 0 Å². The maximum absolute atomic E-state index is 14.0. The zero-order valence-corrected chi connectivity index (χ0v) is 22.9. The largest absolute Gasteiger partial charge is 0.482 e. The van der Waals surface area contributed by atoms with Crippen molar-refractivity contribution in [2.45, 2.75) is 45.9 Å². The number of nitriles is 1. The normalized spacial score (nSPS) is 11.9. The highest BCUT2D eigenvalue weighted by molar-refractivity contribution is 5.91. The molecule has 1 aromatic carbocycles. The second-order valence-electron chi connectivity index (χ2n) is 9.83. The number of benzene rings is 1. The standard InChI is InChI=1S/C27H31FN6O5/c1-15(19-11-17(28)8-9-18(19)25(35)37-7)38-22-10-16(13-31-24(22)30)23-20(32-34(6)21(23)12-29)14-33(5)26(36)39-27(2,3)4/h8-11,13,15H,14H2,1-7H3,(H2,30,31)/t15-/m1/s1. The van der Waals surface area contributed by atoms with Crippen molar-refractivity contribution >= 4 is 17.9 Å². The molecule has 1 amide bonds. The van der Waals surface area contributed by atoms with E-state index in [1.165, 1.54) is 35.0 Å². The van der Waals surface area contributed by atoms with E-state index in [1.54, 1.807) is 47.9 Å². The summed E-state index contributed by atoms with van der Waals surface area (Å²) in [6.07, 6.45) is 0.0858. The predicted octanol–water partition coefficient (Wildman–Crippen LogP) is 4.37. The topological polar surface area (TPSA) is 146 Å². The minimum absolute atomic E-state index is 0.0384. The third kappa shape index (κ3) is 6.62. The van der Waals surface area contributed by atoms with Gasteiger partial charge in [-0.25, -0.2) is 19.0 Å². The molecule has 0 aliphatic rings. The highest BCUT2D eigenvalue weighted by atomic mass is 19.1. The van der Waals surface area contributed by atoms with Gasteiger partial charge >= 0.3 is 12.1 Å². The summed E-state index contributed by atoms with van der Waals surface area (Å²) in [7, 11) is 4.40. The number of rotatable bonds is 7. The van der Waals surface area contributed by atoms with Gasteiger partial charge in [-0.3, -0.25) is 4.68 Å². The molecule has 0 saturated heterocycles. The van der Waals surface area contributed by atoms with E-state index < -0.39 is 29.6 Å². The van der Waals surface area contributed by atoms with Gasteiger partial charge in [0.1, 0.15) is 29.3 Å². The summed E-state index contributed by atoms with van der Waals surface area (Å²) in [5, 5.41) is 14.3. The van der Waals surface area contributed by atoms with E-state index in [-0.39, 0.29) is 34.9 Å². The van der Waals surface area contributed by atoms with Gasteiger partial charge in [0.05, 0.1) is 24.9 Å². The predicted molar refractivity (Wildman–Crippen MR) is 140 cm³/mol. The van der Waals surface area contributed by atoms with Crippen LogP contribution in [0.4, 0.5) is 15.0 Å². The van der Waals surface area contributed by atoms with Crippen LogP contribution < -0.4 is 10.5 Å². The Morgan fingerprint density at radius 2 is 1.97 bits per heavy atom. The average Bonchev–Trinajstić information content (AvgIpc) is 3.18. The first-order chi connectivity index (χ1) is 18.2. The Bertz CT molecular complexity index is 1440. The Morgan fingerprint density at radius 1 is 1.28 bits per heavy atom. The van der Waals surface area contributed by atoms with E-state index in [0.717, 1.165) is 6.07 Å². The lowest BCUT2D eigenvalue weighted by Gasteiger charge is -2.24. The molecule has 0 saturated carbocycles. The highest BCUT2D eigenvalue weighted by Crippen LogP contribution is 2.35. The highest BCUT2D eigenvalue weighted by Gasteiger charge is 2.26. The molecule has 2 N–H and O–H groups in total. The van der Waals surface area contributed by atoms with E-state index in [9.17, 15) is 19.2 Å². The lowest BCUT2D eigenvalue weighted by molar-refractivity contribution is 0.0283. The van der Waals surface area contributed by atoms with Crippen LogP contribution in [0.3, 0.4) is 0 Å². The maximum Gasteiger partial charge on any atom is 0.410 e. The summed E-state index contributed by atoms with van der Waals surface area (Å²) >= 11 is 0. The molecule has 39 heavy (non-hydrogen) atoms. The van der Waals surface area contributed by atoms with Crippen LogP contribution in [-0.2, 0) is 23.1 Å². The zero-order valence-electron chi connectivity index (χ0n) is 22.9. The number of amides is 1. The number of nitrogens with zero attached hydrogens (tertiary/aromatic N) is 5. The van der Waals surface area contributed by atoms with Gasteiger partial charge in [-0.15, -0.1) is 0 Å². The Labute approximate surface area is 225 Å². The molecule has 0 bridgehead atoms. The van der Waals surface area contributed by atoms with Gasteiger partial charge in [-0.05, 0) is 52.0 Å². The van der Waals surface area contributed by atoms with Crippen molar-refractivity contribution < 1.29 is 28.2 Å². The van der Waals surface area contributed by atoms with E-state index in [1.807, 2.05) is 0 Å². The monoisotopic (exact) mass is 538 g/mol. The summed E-state index contributed by atoms with van der Waals surface area (Å²) < 4.78 is 31.7. The second-order valence-corrected chi connectivity index (χ2v) is 9.83. The fourth-order valence-electron chi connectivity index (χ4n) is 3.86. The molecule has 11 nitrogen and oxygen atoms in total. The summed E-state index contributed by atoms with van der Waals surface area (Å²) in [5.74, 6) is -1.02. The van der Waals surface area contributed by atoms with Crippen molar-refractivity contribution in [1.29, 1.82) is 5.26 Å². The number of halogens is 1. The maximum atomic E-state index is 14.0. The number of aromatic nitrogens is 3. The van der Waals surface area contributed by atoms with Crippen molar-refractivity contribution in [2.75, 3.05) is 19.9 Å². The molecule has 206 valence electrons. The van der Waals surface area contributed by atoms with Crippen molar-refractivity contribution in [3.63, 3.8) is 0 Å². The number of carbonyl (C=O) groups excluding carboxylic acids is 2. The Morgan fingerprint density at radius 3 is 2.59 bits per heavy atom. The first-order valence-corrected chi connectivity index (χ1v) is 12.0. The molecule has 3 rings (SSSR count). The molecule has 3 aromatic rings. The number of esters is 1. The van der Waals surface area contributed by atoms with Crippen molar-refractivity contribution in [1.82, 2.24) is 19.7 Å². The first kappa shape index (κ1) is 28.9. The number of ether oxygens (including phenoxy) is 3. The zero-order chi connectivity index (χ0) is 29.1. The van der Waals surface area contributed by atoms with Crippen molar-refractivity contribution in [3.8, 4) is 22.9 Å². The van der Waals surface area contributed by atoms with Gasteiger partial charge in [0.2, 0.25) is 0 Å². The summed E-state index contributed by atoms with van der Waals surface area (Å²) in [4.78, 5) is 30.3. The van der Waals surface area contributed by atoms with Crippen LogP contribution in [0.25, 0.3) is 11.1 Å². The smallest absolute Gasteiger partial charge is 0.410 e. The molecular formula is C27H31FN6O5. The van der Waals surface area contributed by atoms with E-state index in [2.05, 4.69) is 16.2 Å². The summed E-state index contributed by atoms with van der Waals surface area (Å²) in [6, 6.07) is 7.36. The van der Waals surface area contributed by atoms with E-state index >= 15 is 0 Å². The SMILES string of the molecule is COC(=O)c1ccc(F)cc1[C@@H](C)Oc1cc(-c2c(CN(C)C(=O)OC(C)(C)C)nn(C)c2C#N)cnc1N. The number of anilines is 1. The van der Waals surface area contributed by atoms with Crippen LogP contribution in [0.2, 0.25) is 0 Å². The van der Waals surface area contributed by atoms with Gasteiger partial charge < -0.3 is 24.8 Å². The number of nitrogens with two attached hydrogens (primary N) is 1. The number of carbonyl (C=O) groups is 2. The Kier molecular flexibility index (Phi) is 8.44. The number of hydrogen-bond donors (Lipinski definition) is 1. The van der Waals surface area contributed by atoms with E-state index in [4.69, 9.17) is 19.9 Å². The fraction of sp³-hybridized carbons (Fsp3) is 0.370. The van der Waals surface area contributed by atoms with Gasteiger partial charge in [-0.2, -0.15) is 10.4 Å². The minimum Gasteiger partial charge on any atom is -0.482 e. The minimum atomic E-state index is -0.823. The van der Waals surface area contributed by atoms with Crippen LogP contribution in [0.5, 0.6) is 5.75 Å². The third-order valence-corrected chi connectivity index (χ3v) is 5.65. The molecule has 12 heteroatoms. The van der Waals surface area contributed by atoms with Gasteiger partial charge in [-0.1, -0.05) is 0 Å². The van der Waals surface area contributed by atoms with Gasteiger partial charge in [0.15, 0.2) is 11.6 Å². The molecule has 0 unspecified atom stereocenters. The number of pyridine rings is 1. The summed E-state index contributed by atoms with van der Waals surface area (Å²) in [6.45, 7) is 6.96. The number of nitrogen functional groups attached to an aromatic ring is 1. The molecular weight excluding hydrogens is 507 g/mol. The van der Waals surface area contributed by atoms with E-state index in [0.29, 0.717) is 16.8 Å². The van der Waals surface area contributed by atoms with Gasteiger partial charge in [0, 0.05) is 37.0 Å². The quantitative estimate of drug-likeness (QED) is 0.433. The Hall–Kier alpha value is -4.66. The van der Waals surface area contributed by atoms with Crippen LogP contribution in [-0.4, -0.2) is 51.5 Å². The first-order valence-electron chi connectivity index (χ1n) is 12.0. The molecule has 0 aliphatic carbocycles. The molecule has 0 radical (unpaired) electrons. The molecule has 1 atom stereocenters. The summed E-state index contributed by atoms with van der Waals surface area (Å²) in [5.41, 5.74) is 7.33. The number of aryl methyl sites for hydroxylation is 1. The lowest BCUT2D eigenvalue weighted by Crippen LogP contribution is -2.34. The van der Waals surface area contributed by atoms with Crippen LogP contribution in [0.15, 0.2) is 30.5 Å². The van der Waals surface area contributed by atoms with Crippen molar-refractivity contribution in [2.24, 2.45) is 7.05 Å². The molecule has 2 aromatic heterocycles. The fourth-order valence-corrected chi connectivity index (χ4v) is 3.86. The number of methoxy groups -OCH3 is 1. The van der Waals surface area contributed by atoms with Crippen LogP contribution >= 0.6 is 0 Å². The third-order valence-electron chi connectivity index (χ3n) is 5.65. The molecule has 0 fully saturated rings. The lowest BCUT2D eigenvalue weighted by atomic mass is 10.0. The molecule has 2 heterocycles. The van der Waals surface area contributed by atoms with Crippen LogP contribution in [0, 0.1) is 17.1 Å². The van der Waals surface area contributed by atoms with Crippen LogP contribution in [0.1, 0.15) is 61.1 Å². The average molecular weight is 539 g/mol. The second kappa shape index (κ2) is 11.4.